The lowest BCUT2D eigenvalue weighted by molar-refractivity contribution is -0.152. The zero-order valence-corrected chi connectivity index (χ0v) is 12.4. The van der Waals surface area contributed by atoms with E-state index in [0.717, 1.165) is 13.0 Å². The fraction of sp³-hybridized carbons (Fsp3) is 0.857. The predicted octanol–water partition coefficient (Wildman–Crippen LogP) is -0.249. The van der Waals surface area contributed by atoms with Crippen molar-refractivity contribution >= 4 is 11.9 Å². The lowest BCUT2D eigenvalue weighted by atomic mass is 9.88. The fourth-order valence-electron chi connectivity index (χ4n) is 2.78. The number of aliphatic carboxylic acids is 1. The van der Waals surface area contributed by atoms with Gasteiger partial charge in [0.15, 0.2) is 0 Å². The molecular formula is C14H24N2O5. The molecule has 120 valence electrons. The SMILES string of the molecule is CCCNC1COCC1C(=O)NC1(C(=O)O)CCOCC1. The second-order valence-electron chi connectivity index (χ2n) is 5.69. The van der Waals surface area contributed by atoms with E-state index in [-0.39, 0.29) is 17.9 Å². The minimum absolute atomic E-state index is 0.0457. The maximum absolute atomic E-state index is 12.5. The molecule has 21 heavy (non-hydrogen) atoms. The minimum Gasteiger partial charge on any atom is -0.480 e. The standard InChI is InChI=1S/C14H24N2O5/c1-2-5-15-11-9-21-8-10(11)12(17)16-14(13(18)19)3-6-20-7-4-14/h10-11,15H,2-9H2,1H3,(H,16,17)(H,18,19). The zero-order valence-electron chi connectivity index (χ0n) is 12.4. The van der Waals surface area contributed by atoms with Crippen molar-refractivity contribution in [3.05, 3.63) is 0 Å². The maximum atomic E-state index is 12.5. The van der Waals surface area contributed by atoms with Crippen LogP contribution in [0.5, 0.6) is 0 Å². The van der Waals surface area contributed by atoms with Crippen LogP contribution in [-0.4, -0.2) is 61.5 Å². The van der Waals surface area contributed by atoms with Gasteiger partial charge in [-0.2, -0.15) is 0 Å². The summed E-state index contributed by atoms with van der Waals surface area (Å²) in [6.45, 7) is 4.40. The van der Waals surface area contributed by atoms with Crippen LogP contribution in [0.2, 0.25) is 0 Å². The summed E-state index contributed by atoms with van der Waals surface area (Å²) in [6, 6.07) is -0.0457. The van der Waals surface area contributed by atoms with Crippen LogP contribution in [0.4, 0.5) is 0 Å². The topological polar surface area (TPSA) is 96.9 Å². The average Bonchev–Trinajstić information content (AvgIpc) is 2.94. The van der Waals surface area contributed by atoms with E-state index in [1.807, 2.05) is 0 Å². The van der Waals surface area contributed by atoms with E-state index in [4.69, 9.17) is 9.47 Å². The van der Waals surface area contributed by atoms with E-state index in [1.165, 1.54) is 0 Å². The third-order valence-electron chi connectivity index (χ3n) is 4.19. The number of carbonyl (C=O) groups is 2. The van der Waals surface area contributed by atoms with Crippen molar-refractivity contribution in [2.75, 3.05) is 33.0 Å². The molecule has 7 nitrogen and oxygen atoms in total. The zero-order chi connectivity index (χ0) is 15.3. The molecule has 2 heterocycles. The molecule has 2 unspecified atom stereocenters. The molecule has 0 radical (unpaired) electrons. The van der Waals surface area contributed by atoms with Gasteiger partial charge in [0.25, 0.3) is 0 Å². The first-order valence-corrected chi connectivity index (χ1v) is 7.53. The second kappa shape index (κ2) is 7.20. The molecule has 2 atom stereocenters. The summed E-state index contributed by atoms with van der Waals surface area (Å²) < 4.78 is 10.6. The van der Waals surface area contributed by atoms with Crippen molar-refractivity contribution in [1.29, 1.82) is 0 Å². The van der Waals surface area contributed by atoms with E-state index >= 15 is 0 Å². The Morgan fingerprint density at radius 1 is 1.24 bits per heavy atom. The summed E-state index contributed by atoms with van der Waals surface area (Å²) in [5.41, 5.74) is -1.20. The van der Waals surface area contributed by atoms with Crippen LogP contribution in [0.3, 0.4) is 0 Å². The van der Waals surface area contributed by atoms with Crippen LogP contribution < -0.4 is 10.6 Å². The van der Waals surface area contributed by atoms with E-state index in [0.29, 0.717) is 39.3 Å². The lowest BCUT2D eigenvalue weighted by Crippen LogP contribution is -2.60. The van der Waals surface area contributed by atoms with Gasteiger partial charge < -0.3 is 25.2 Å². The van der Waals surface area contributed by atoms with Crippen LogP contribution in [0.1, 0.15) is 26.2 Å². The highest BCUT2D eigenvalue weighted by Gasteiger charge is 2.44. The van der Waals surface area contributed by atoms with Crippen molar-refractivity contribution in [3.63, 3.8) is 0 Å². The number of carbonyl (C=O) groups excluding carboxylic acids is 1. The minimum atomic E-state index is -1.20. The van der Waals surface area contributed by atoms with Crippen molar-refractivity contribution in [3.8, 4) is 0 Å². The molecule has 7 heteroatoms. The summed E-state index contributed by atoms with van der Waals surface area (Å²) in [7, 11) is 0. The van der Waals surface area contributed by atoms with Gasteiger partial charge in [0.1, 0.15) is 5.54 Å². The second-order valence-corrected chi connectivity index (χ2v) is 5.69. The largest absolute Gasteiger partial charge is 0.480 e. The van der Waals surface area contributed by atoms with Crippen LogP contribution in [-0.2, 0) is 19.1 Å². The summed E-state index contributed by atoms with van der Waals surface area (Å²) >= 11 is 0. The molecular weight excluding hydrogens is 276 g/mol. The highest BCUT2D eigenvalue weighted by atomic mass is 16.5. The average molecular weight is 300 g/mol. The molecule has 3 N–H and O–H groups in total. The number of ether oxygens (including phenoxy) is 2. The maximum Gasteiger partial charge on any atom is 0.329 e. The Bertz CT molecular complexity index is 382. The number of carboxylic acids is 1. The number of hydrogen-bond acceptors (Lipinski definition) is 5. The molecule has 0 saturated carbocycles. The molecule has 1 amide bonds. The molecule has 2 aliphatic rings. The Balaban J connectivity index is 1.99. The van der Waals surface area contributed by atoms with Gasteiger partial charge in [0.05, 0.1) is 19.1 Å². The van der Waals surface area contributed by atoms with E-state index in [1.54, 1.807) is 0 Å². The van der Waals surface area contributed by atoms with Crippen molar-refractivity contribution in [2.45, 2.75) is 37.8 Å². The highest BCUT2D eigenvalue weighted by Crippen LogP contribution is 2.23. The Labute approximate surface area is 124 Å². The molecule has 0 aliphatic carbocycles. The van der Waals surface area contributed by atoms with Gasteiger partial charge in [-0.1, -0.05) is 6.92 Å². The normalized spacial score (nSPS) is 28.2. The molecule has 0 aromatic rings. The Hall–Kier alpha value is -1.18. The van der Waals surface area contributed by atoms with Crippen LogP contribution in [0.25, 0.3) is 0 Å². The molecule has 2 fully saturated rings. The van der Waals surface area contributed by atoms with Crippen molar-refractivity contribution < 1.29 is 24.2 Å². The third kappa shape index (κ3) is 3.72. The molecule has 0 bridgehead atoms. The molecule has 0 spiro atoms. The van der Waals surface area contributed by atoms with Gasteiger partial charge in [0.2, 0.25) is 5.91 Å². The highest BCUT2D eigenvalue weighted by molar-refractivity contribution is 5.88. The summed E-state index contributed by atoms with van der Waals surface area (Å²) in [5.74, 6) is -1.57. The third-order valence-corrected chi connectivity index (χ3v) is 4.19. The van der Waals surface area contributed by atoms with Gasteiger partial charge in [-0.3, -0.25) is 4.79 Å². The van der Waals surface area contributed by atoms with Gasteiger partial charge >= 0.3 is 5.97 Å². The Morgan fingerprint density at radius 2 is 1.95 bits per heavy atom. The van der Waals surface area contributed by atoms with Gasteiger partial charge in [0, 0.05) is 32.1 Å². The van der Waals surface area contributed by atoms with Crippen molar-refractivity contribution in [1.82, 2.24) is 10.6 Å². The van der Waals surface area contributed by atoms with Crippen molar-refractivity contribution in [2.24, 2.45) is 5.92 Å². The smallest absolute Gasteiger partial charge is 0.329 e. The summed E-state index contributed by atoms with van der Waals surface area (Å²) in [5, 5.41) is 15.5. The predicted molar refractivity (Wildman–Crippen MR) is 75.0 cm³/mol. The first kappa shape index (κ1) is 16.2. The van der Waals surface area contributed by atoms with E-state index in [2.05, 4.69) is 17.6 Å². The first-order valence-electron chi connectivity index (χ1n) is 7.53. The Kier molecular flexibility index (Phi) is 5.55. The van der Waals surface area contributed by atoms with E-state index in [9.17, 15) is 14.7 Å². The number of hydrogen-bond donors (Lipinski definition) is 3. The number of amides is 1. The van der Waals surface area contributed by atoms with E-state index < -0.39 is 11.5 Å². The monoisotopic (exact) mass is 300 g/mol. The van der Waals surface area contributed by atoms with Gasteiger partial charge in [-0.25, -0.2) is 4.79 Å². The molecule has 0 aromatic heterocycles. The number of rotatable bonds is 6. The number of nitrogens with one attached hydrogen (secondary N) is 2. The Morgan fingerprint density at radius 3 is 2.57 bits per heavy atom. The molecule has 2 saturated heterocycles. The van der Waals surface area contributed by atoms with Crippen LogP contribution in [0.15, 0.2) is 0 Å². The fourth-order valence-corrected chi connectivity index (χ4v) is 2.78. The molecule has 2 aliphatic heterocycles. The quantitative estimate of drug-likeness (QED) is 0.626. The van der Waals surface area contributed by atoms with Gasteiger partial charge in [-0.05, 0) is 13.0 Å². The summed E-state index contributed by atoms with van der Waals surface area (Å²) in [4.78, 5) is 24.0. The first-order chi connectivity index (χ1) is 10.1. The molecule has 0 aromatic carbocycles. The lowest BCUT2D eigenvalue weighted by Gasteiger charge is -2.35. The summed E-state index contributed by atoms with van der Waals surface area (Å²) in [6.07, 6.45) is 1.57. The van der Waals surface area contributed by atoms with Gasteiger partial charge in [-0.15, -0.1) is 0 Å². The van der Waals surface area contributed by atoms with Crippen LogP contribution >= 0.6 is 0 Å². The molecule has 2 rings (SSSR count). The van der Waals surface area contributed by atoms with Crippen LogP contribution in [0, 0.1) is 5.92 Å². The number of carboxylic acid groups (broad SMARTS) is 1.